The van der Waals surface area contributed by atoms with E-state index < -0.39 is 0 Å². The van der Waals surface area contributed by atoms with Crippen LogP contribution >= 0.6 is 0 Å². The van der Waals surface area contributed by atoms with Gasteiger partial charge in [0.05, 0.1) is 0 Å². The highest BCUT2D eigenvalue weighted by atomic mass is 16.3. The summed E-state index contributed by atoms with van der Waals surface area (Å²) in [5.41, 5.74) is 2.50. The van der Waals surface area contributed by atoms with Crippen molar-refractivity contribution >= 4 is 0 Å². The highest BCUT2D eigenvalue weighted by Crippen LogP contribution is 2.28. The second kappa shape index (κ2) is 4.15. The van der Waals surface area contributed by atoms with E-state index in [4.69, 9.17) is 0 Å². The topological polar surface area (TPSA) is 20.2 Å². The van der Waals surface area contributed by atoms with Crippen molar-refractivity contribution in [3.8, 4) is 5.75 Å². The van der Waals surface area contributed by atoms with Gasteiger partial charge >= 0.3 is 0 Å². The number of rotatable bonds is 0. The number of phenols is 1. The quantitative estimate of drug-likeness (QED) is 0.625. The maximum atomic E-state index is 9.33. The number of hydrogen-bond acceptors (Lipinski definition) is 1. The van der Waals surface area contributed by atoms with Crippen molar-refractivity contribution in [1.82, 2.24) is 0 Å². The van der Waals surface area contributed by atoms with Gasteiger partial charge in [-0.1, -0.05) is 26.0 Å². The van der Waals surface area contributed by atoms with Gasteiger partial charge in [0.15, 0.2) is 0 Å². The first-order valence-electron chi connectivity index (χ1n) is 4.67. The molecule has 0 unspecified atom stereocenters. The molecule has 1 aromatic rings. The van der Waals surface area contributed by atoms with Crippen LogP contribution in [-0.4, -0.2) is 5.11 Å². The molecular weight excluding hydrogens is 148 g/mol. The van der Waals surface area contributed by atoms with Crippen molar-refractivity contribution < 1.29 is 5.11 Å². The van der Waals surface area contributed by atoms with Gasteiger partial charge in [-0.05, 0) is 36.5 Å². The SMILES string of the molecule is CC.Oc1cccc2c1CCC2. The Bertz CT molecular complexity index is 253. The minimum atomic E-state index is 0.481. The van der Waals surface area contributed by atoms with Gasteiger partial charge in [-0.25, -0.2) is 0 Å². The molecule has 0 atom stereocenters. The molecule has 0 fully saturated rings. The zero-order valence-corrected chi connectivity index (χ0v) is 7.80. The lowest BCUT2D eigenvalue weighted by atomic mass is 10.1. The Morgan fingerprint density at radius 3 is 2.58 bits per heavy atom. The molecule has 1 nitrogen and oxygen atoms in total. The summed E-state index contributed by atoms with van der Waals surface area (Å²) in [5.74, 6) is 0.481. The molecule has 0 radical (unpaired) electrons. The van der Waals surface area contributed by atoms with E-state index in [0.717, 1.165) is 12.8 Å². The molecule has 0 amide bonds. The van der Waals surface area contributed by atoms with Crippen molar-refractivity contribution in [2.75, 3.05) is 0 Å². The van der Waals surface area contributed by atoms with Gasteiger partial charge in [-0.15, -0.1) is 0 Å². The average Bonchev–Trinajstić information content (AvgIpc) is 2.57. The Kier molecular flexibility index (Phi) is 3.15. The van der Waals surface area contributed by atoms with Crippen LogP contribution in [-0.2, 0) is 12.8 Å². The summed E-state index contributed by atoms with van der Waals surface area (Å²) in [7, 11) is 0. The fourth-order valence-electron chi connectivity index (χ4n) is 1.60. The van der Waals surface area contributed by atoms with Gasteiger partial charge < -0.3 is 5.11 Å². The Labute approximate surface area is 74.1 Å². The number of phenolic OH excluding ortho intramolecular Hbond substituents is 1. The van der Waals surface area contributed by atoms with E-state index in [1.165, 1.54) is 17.5 Å². The lowest BCUT2D eigenvalue weighted by Crippen LogP contribution is -1.80. The molecule has 0 heterocycles. The lowest BCUT2D eigenvalue weighted by molar-refractivity contribution is 0.469. The third-order valence-electron chi connectivity index (χ3n) is 2.12. The van der Waals surface area contributed by atoms with Gasteiger partial charge in [-0.2, -0.15) is 0 Å². The molecule has 66 valence electrons. The average molecular weight is 164 g/mol. The molecule has 0 saturated heterocycles. The smallest absolute Gasteiger partial charge is 0.119 e. The fraction of sp³-hybridized carbons (Fsp3) is 0.455. The van der Waals surface area contributed by atoms with Gasteiger partial charge in [0, 0.05) is 0 Å². The van der Waals surface area contributed by atoms with Gasteiger partial charge in [0.1, 0.15) is 5.75 Å². The van der Waals surface area contributed by atoms with Crippen LogP contribution in [0.3, 0.4) is 0 Å². The zero-order valence-electron chi connectivity index (χ0n) is 7.80. The molecule has 1 aromatic carbocycles. The van der Waals surface area contributed by atoms with E-state index in [9.17, 15) is 5.11 Å². The Morgan fingerprint density at radius 1 is 1.17 bits per heavy atom. The molecule has 1 N–H and O–H groups in total. The Morgan fingerprint density at radius 2 is 1.92 bits per heavy atom. The van der Waals surface area contributed by atoms with Crippen molar-refractivity contribution in [2.45, 2.75) is 33.1 Å². The highest BCUT2D eigenvalue weighted by molar-refractivity contribution is 5.41. The summed E-state index contributed by atoms with van der Waals surface area (Å²) in [6.45, 7) is 4.00. The third kappa shape index (κ3) is 1.60. The molecule has 12 heavy (non-hydrogen) atoms. The number of aryl methyl sites for hydroxylation is 1. The summed E-state index contributed by atoms with van der Waals surface area (Å²) in [4.78, 5) is 0. The number of aromatic hydroxyl groups is 1. The molecule has 2 rings (SSSR count). The molecule has 0 aliphatic heterocycles. The fourth-order valence-corrected chi connectivity index (χ4v) is 1.60. The molecular formula is C11H16O. The van der Waals surface area contributed by atoms with Crippen LogP contribution in [0.5, 0.6) is 5.75 Å². The first kappa shape index (κ1) is 9.11. The standard InChI is InChI=1S/C9H10O.C2H6/c10-9-6-2-4-7-3-1-5-8(7)9;1-2/h2,4,6,10H,1,3,5H2;1-2H3. The normalized spacial score (nSPS) is 13.2. The predicted molar refractivity (Wildman–Crippen MR) is 51.5 cm³/mol. The molecule has 1 aliphatic carbocycles. The number of benzene rings is 1. The van der Waals surface area contributed by atoms with Gasteiger partial charge in [0.25, 0.3) is 0 Å². The van der Waals surface area contributed by atoms with E-state index in [2.05, 4.69) is 6.07 Å². The maximum Gasteiger partial charge on any atom is 0.119 e. The predicted octanol–water partition coefficient (Wildman–Crippen LogP) is 2.91. The van der Waals surface area contributed by atoms with E-state index in [1.54, 1.807) is 6.07 Å². The monoisotopic (exact) mass is 164 g/mol. The van der Waals surface area contributed by atoms with Crippen molar-refractivity contribution in [3.63, 3.8) is 0 Å². The molecule has 1 aliphatic rings. The number of fused-ring (bicyclic) bond motifs is 1. The van der Waals surface area contributed by atoms with Crippen LogP contribution in [0.4, 0.5) is 0 Å². The minimum absolute atomic E-state index is 0.481. The summed E-state index contributed by atoms with van der Waals surface area (Å²) < 4.78 is 0. The summed E-state index contributed by atoms with van der Waals surface area (Å²) >= 11 is 0. The summed E-state index contributed by atoms with van der Waals surface area (Å²) in [6, 6.07) is 5.78. The van der Waals surface area contributed by atoms with Crippen molar-refractivity contribution in [1.29, 1.82) is 0 Å². The van der Waals surface area contributed by atoms with Crippen LogP contribution in [0.1, 0.15) is 31.4 Å². The molecule has 0 bridgehead atoms. The van der Waals surface area contributed by atoms with Gasteiger partial charge in [-0.3, -0.25) is 0 Å². The van der Waals surface area contributed by atoms with Crippen molar-refractivity contribution in [2.24, 2.45) is 0 Å². The largest absolute Gasteiger partial charge is 0.508 e. The van der Waals surface area contributed by atoms with Gasteiger partial charge in [0.2, 0.25) is 0 Å². The van der Waals surface area contributed by atoms with Crippen LogP contribution in [0.2, 0.25) is 0 Å². The third-order valence-corrected chi connectivity index (χ3v) is 2.12. The highest BCUT2D eigenvalue weighted by Gasteiger charge is 2.12. The second-order valence-corrected chi connectivity index (χ2v) is 2.77. The molecule has 0 saturated carbocycles. The first-order valence-corrected chi connectivity index (χ1v) is 4.67. The molecule has 0 aromatic heterocycles. The second-order valence-electron chi connectivity index (χ2n) is 2.77. The van der Waals surface area contributed by atoms with Crippen LogP contribution in [0.15, 0.2) is 18.2 Å². The minimum Gasteiger partial charge on any atom is -0.508 e. The van der Waals surface area contributed by atoms with Crippen LogP contribution < -0.4 is 0 Å². The Balaban J connectivity index is 0.000000336. The van der Waals surface area contributed by atoms with Crippen molar-refractivity contribution in [3.05, 3.63) is 29.3 Å². The van der Waals surface area contributed by atoms with E-state index in [1.807, 2.05) is 19.9 Å². The summed E-state index contributed by atoms with van der Waals surface area (Å²) in [6.07, 6.45) is 3.40. The summed E-state index contributed by atoms with van der Waals surface area (Å²) in [5, 5.41) is 9.33. The van der Waals surface area contributed by atoms with E-state index in [0.29, 0.717) is 5.75 Å². The molecule has 1 heteroatoms. The van der Waals surface area contributed by atoms with Crippen LogP contribution in [0, 0.1) is 0 Å². The first-order chi connectivity index (χ1) is 5.88. The lowest BCUT2D eigenvalue weighted by Gasteiger charge is -1.99. The van der Waals surface area contributed by atoms with E-state index in [-0.39, 0.29) is 0 Å². The van der Waals surface area contributed by atoms with Crippen LogP contribution in [0.25, 0.3) is 0 Å². The number of hydrogen-bond donors (Lipinski definition) is 1. The Hall–Kier alpha value is -0.980. The zero-order chi connectivity index (χ0) is 8.97. The molecule has 0 spiro atoms. The van der Waals surface area contributed by atoms with E-state index >= 15 is 0 Å². The maximum absolute atomic E-state index is 9.33.